The van der Waals surface area contributed by atoms with E-state index in [0.717, 1.165) is 40.0 Å². The Morgan fingerprint density at radius 2 is 1.97 bits per heavy atom. The minimum absolute atomic E-state index is 0.400. The van der Waals surface area contributed by atoms with Gasteiger partial charge in [0.15, 0.2) is 0 Å². The number of fused-ring (bicyclic) bond motifs is 1. The van der Waals surface area contributed by atoms with Crippen molar-refractivity contribution >= 4 is 16.6 Å². The standard InChI is InChI=1S/C22H21N7/c1-29(2)14-15-7-17(11-24-10-15)16-3-6-21-20(8-16)22(28-27-21)13-26-19-5-4-18(9-23)25-12-19/h3-8,10-12,26H,13-14H2,1-2H3,(H,27,28). The van der Waals surface area contributed by atoms with Gasteiger partial charge in [0.1, 0.15) is 11.8 Å². The third-order valence-corrected chi connectivity index (χ3v) is 4.61. The molecule has 4 rings (SSSR count). The van der Waals surface area contributed by atoms with Crippen molar-refractivity contribution in [3.05, 3.63) is 71.9 Å². The summed E-state index contributed by atoms with van der Waals surface area (Å²) in [4.78, 5) is 10.6. The summed E-state index contributed by atoms with van der Waals surface area (Å²) in [6, 6.07) is 14.0. The Morgan fingerprint density at radius 1 is 1.07 bits per heavy atom. The number of hydrogen-bond donors (Lipinski definition) is 2. The van der Waals surface area contributed by atoms with Crippen LogP contribution in [0.15, 0.2) is 55.0 Å². The molecular formula is C22H21N7. The summed E-state index contributed by atoms with van der Waals surface area (Å²) in [5.41, 5.74) is 6.52. The quantitative estimate of drug-likeness (QED) is 0.529. The molecular weight excluding hydrogens is 362 g/mol. The molecule has 0 aliphatic heterocycles. The average Bonchev–Trinajstić information content (AvgIpc) is 3.14. The number of nitrogens with zero attached hydrogens (tertiary/aromatic N) is 5. The predicted octanol–water partition coefficient (Wildman–Crippen LogP) is 3.57. The van der Waals surface area contributed by atoms with Crippen molar-refractivity contribution in [3.63, 3.8) is 0 Å². The van der Waals surface area contributed by atoms with Crippen molar-refractivity contribution in [3.8, 4) is 17.2 Å². The first-order chi connectivity index (χ1) is 14.1. The summed E-state index contributed by atoms with van der Waals surface area (Å²) in [6.07, 6.45) is 5.45. The number of benzene rings is 1. The van der Waals surface area contributed by atoms with Crippen LogP contribution in [0.1, 0.15) is 17.0 Å². The normalized spacial score (nSPS) is 11.0. The van der Waals surface area contributed by atoms with Gasteiger partial charge in [-0.25, -0.2) is 4.98 Å². The zero-order chi connectivity index (χ0) is 20.2. The van der Waals surface area contributed by atoms with Gasteiger partial charge in [-0.3, -0.25) is 10.1 Å². The summed E-state index contributed by atoms with van der Waals surface area (Å²) in [7, 11) is 4.10. The zero-order valence-corrected chi connectivity index (χ0v) is 16.3. The molecule has 7 heteroatoms. The van der Waals surface area contributed by atoms with Crippen LogP contribution in [0, 0.1) is 11.3 Å². The molecule has 0 spiro atoms. The first-order valence-electron chi connectivity index (χ1n) is 9.28. The molecule has 0 unspecified atom stereocenters. The third kappa shape index (κ3) is 4.23. The maximum atomic E-state index is 8.85. The lowest BCUT2D eigenvalue weighted by Gasteiger charge is -2.10. The molecule has 0 aliphatic rings. The van der Waals surface area contributed by atoms with E-state index in [1.165, 1.54) is 5.56 Å². The topological polar surface area (TPSA) is 93.5 Å². The van der Waals surface area contributed by atoms with Gasteiger partial charge in [-0.2, -0.15) is 10.4 Å². The van der Waals surface area contributed by atoms with Gasteiger partial charge in [0, 0.05) is 29.9 Å². The fourth-order valence-electron chi connectivity index (χ4n) is 3.23. The van der Waals surface area contributed by atoms with Crippen LogP contribution in [0.4, 0.5) is 5.69 Å². The van der Waals surface area contributed by atoms with Crippen LogP contribution in [-0.4, -0.2) is 39.2 Å². The fraction of sp³-hybridized carbons (Fsp3) is 0.182. The van der Waals surface area contributed by atoms with Crippen molar-refractivity contribution in [1.82, 2.24) is 25.1 Å². The highest BCUT2D eigenvalue weighted by molar-refractivity contribution is 5.86. The zero-order valence-electron chi connectivity index (χ0n) is 16.3. The van der Waals surface area contributed by atoms with Crippen molar-refractivity contribution in [2.24, 2.45) is 0 Å². The molecule has 0 amide bonds. The Labute approximate surface area is 169 Å². The molecule has 7 nitrogen and oxygen atoms in total. The SMILES string of the molecule is CN(C)Cc1cncc(-c2ccc3n[nH]c(CNc4ccc(C#N)nc4)c3c2)c1. The molecule has 0 saturated heterocycles. The number of pyridine rings is 2. The maximum Gasteiger partial charge on any atom is 0.140 e. The lowest BCUT2D eigenvalue weighted by Crippen LogP contribution is -2.10. The second kappa shape index (κ2) is 8.09. The number of anilines is 1. The van der Waals surface area contributed by atoms with Gasteiger partial charge in [-0.1, -0.05) is 6.07 Å². The number of aromatic amines is 1. The molecule has 0 saturated carbocycles. The summed E-state index contributed by atoms with van der Waals surface area (Å²) >= 11 is 0. The number of nitrogens with one attached hydrogen (secondary N) is 2. The molecule has 3 heterocycles. The Balaban J connectivity index is 1.58. The van der Waals surface area contributed by atoms with E-state index in [1.54, 1.807) is 12.3 Å². The Bertz CT molecular complexity index is 1170. The molecule has 0 aliphatic carbocycles. The maximum absolute atomic E-state index is 8.85. The Morgan fingerprint density at radius 3 is 2.72 bits per heavy atom. The predicted molar refractivity (Wildman–Crippen MR) is 113 cm³/mol. The molecule has 3 aromatic heterocycles. The molecule has 4 aromatic rings. The highest BCUT2D eigenvalue weighted by atomic mass is 15.1. The fourth-order valence-corrected chi connectivity index (χ4v) is 3.23. The van der Waals surface area contributed by atoms with Crippen molar-refractivity contribution in [2.45, 2.75) is 13.1 Å². The lowest BCUT2D eigenvalue weighted by molar-refractivity contribution is 0.402. The first kappa shape index (κ1) is 18.6. The van der Waals surface area contributed by atoms with Crippen LogP contribution in [0.5, 0.6) is 0 Å². The molecule has 2 N–H and O–H groups in total. The first-order valence-corrected chi connectivity index (χ1v) is 9.28. The molecule has 0 radical (unpaired) electrons. The Hall–Kier alpha value is -3.76. The van der Waals surface area contributed by atoms with Crippen LogP contribution in [0.25, 0.3) is 22.0 Å². The Kier molecular flexibility index (Phi) is 5.18. The van der Waals surface area contributed by atoms with Gasteiger partial charge >= 0.3 is 0 Å². The molecule has 29 heavy (non-hydrogen) atoms. The second-order valence-corrected chi connectivity index (χ2v) is 7.15. The molecule has 0 bridgehead atoms. The van der Waals surface area contributed by atoms with Gasteiger partial charge in [-0.15, -0.1) is 0 Å². The summed E-state index contributed by atoms with van der Waals surface area (Å²) < 4.78 is 0. The van der Waals surface area contributed by atoms with Crippen LogP contribution in [0.2, 0.25) is 0 Å². The largest absolute Gasteiger partial charge is 0.378 e. The van der Waals surface area contributed by atoms with E-state index in [0.29, 0.717) is 12.2 Å². The minimum atomic E-state index is 0.400. The van der Waals surface area contributed by atoms with Gasteiger partial charge in [-0.05, 0) is 55.6 Å². The van der Waals surface area contributed by atoms with Crippen LogP contribution in [0.3, 0.4) is 0 Å². The number of nitriles is 1. The van der Waals surface area contributed by atoms with Crippen LogP contribution < -0.4 is 5.32 Å². The van der Waals surface area contributed by atoms with Gasteiger partial charge < -0.3 is 10.2 Å². The number of hydrogen-bond acceptors (Lipinski definition) is 6. The van der Waals surface area contributed by atoms with Crippen molar-refractivity contribution < 1.29 is 0 Å². The smallest absolute Gasteiger partial charge is 0.140 e. The van der Waals surface area contributed by atoms with E-state index in [2.05, 4.69) is 48.6 Å². The van der Waals surface area contributed by atoms with Gasteiger partial charge in [0.2, 0.25) is 0 Å². The molecule has 144 valence electrons. The third-order valence-electron chi connectivity index (χ3n) is 4.61. The molecule has 1 aromatic carbocycles. The average molecular weight is 383 g/mol. The second-order valence-electron chi connectivity index (χ2n) is 7.15. The monoisotopic (exact) mass is 383 g/mol. The van der Waals surface area contributed by atoms with E-state index < -0.39 is 0 Å². The minimum Gasteiger partial charge on any atom is -0.378 e. The summed E-state index contributed by atoms with van der Waals surface area (Å²) in [6.45, 7) is 1.43. The number of H-pyrrole nitrogens is 1. The van der Waals surface area contributed by atoms with Crippen LogP contribution >= 0.6 is 0 Å². The summed E-state index contributed by atoms with van der Waals surface area (Å²) in [5.74, 6) is 0. The molecule has 0 fully saturated rings. The van der Waals surface area contributed by atoms with E-state index in [9.17, 15) is 0 Å². The van der Waals surface area contributed by atoms with E-state index in [-0.39, 0.29) is 0 Å². The highest BCUT2D eigenvalue weighted by Gasteiger charge is 2.09. The van der Waals surface area contributed by atoms with E-state index in [1.807, 2.05) is 44.7 Å². The lowest BCUT2D eigenvalue weighted by atomic mass is 10.0. The van der Waals surface area contributed by atoms with Crippen molar-refractivity contribution in [1.29, 1.82) is 5.26 Å². The van der Waals surface area contributed by atoms with Crippen LogP contribution in [-0.2, 0) is 13.1 Å². The number of aromatic nitrogens is 4. The van der Waals surface area contributed by atoms with Gasteiger partial charge in [0.05, 0.1) is 29.6 Å². The highest BCUT2D eigenvalue weighted by Crippen LogP contribution is 2.26. The van der Waals surface area contributed by atoms with Crippen molar-refractivity contribution in [2.75, 3.05) is 19.4 Å². The van der Waals surface area contributed by atoms with Gasteiger partial charge in [0.25, 0.3) is 0 Å². The van der Waals surface area contributed by atoms with E-state index >= 15 is 0 Å². The summed E-state index contributed by atoms with van der Waals surface area (Å²) in [5, 5.41) is 20.8. The molecule has 0 atom stereocenters. The number of rotatable bonds is 6. The van der Waals surface area contributed by atoms with E-state index in [4.69, 9.17) is 5.26 Å².